The monoisotopic (exact) mass is 544 g/mol. The smallest absolute Gasteiger partial charge is 0.335 e. The summed E-state index contributed by atoms with van der Waals surface area (Å²) in [4.78, 5) is 49.5. The standard InChI is InChI=1S/C25H15Cl3N2O6/c26-18-7-6-16(11-19(18)27)30-23(32)17(22(31)29-25(30)35)9-14-3-8-21(20(28)10-14)36-12-13-1-4-15(5-2-13)24(33)34/h1-11H,12H2,(H,33,34)(H,29,31,35)/b17-9+. The fourth-order valence-corrected chi connectivity index (χ4v) is 3.85. The van der Waals surface area contributed by atoms with Crippen molar-refractivity contribution < 1.29 is 29.0 Å². The number of halogens is 3. The summed E-state index contributed by atoms with van der Waals surface area (Å²) in [6.45, 7) is 0.141. The summed E-state index contributed by atoms with van der Waals surface area (Å²) in [6, 6.07) is 14.1. The van der Waals surface area contributed by atoms with Crippen LogP contribution in [-0.4, -0.2) is 28.9 Å². The van der Waals surface area contributed by atoms with Crippen LogP contribution >= 0.6 is 34.8 Å². The van der Waals surface area contributed by atoms with E-state index < -0.39 is 23.8 Å². The van der Waals surface area contributed by atoms with Crippen LogP contribution in [0.5, 0.6) is 5.75 Å². The molecular formula is C25H15Cl3N2O6. The van der Waals surface area contributed by atoms with Crippen LogP contribution in [0.2, 0.25) is 15.1 Å². The van der Waals surface area contributed by atoms with Crippen molar-refractivity contribution in [3.8, 4) is 5.75 Å². The number of urea groups is 1. The van der Waals surface area contributed by atoms with Crippen LogP contribution in [0.1, 0.15) is 21.5 Å². The van der Waals surface area contributed by atoms with E-state index >= 15 is 0 Å². The molecule has 3 aromatic rings. The van der Waals surface area contributed by atoms with Gasteiger partial charge in [-0.3, -0.25) is 14.9 Å². The molecule has 0 spiro atoms. The summed E-state index contributed by atoms with van der Waals surface area (Å²) in [5.41, 5.74) is 1.17. The predicted molar refractivity (Wildman–Crippen MR) is 135 cm³/mol. The molecule has 0 aromatic heterocycles. The molecule has 1 aliphatic heterocycles. The average Bonchev–Trinajstić information content (AvgIpc) is 2.83. The molecule has 0 atom stereocenters. The van der Waals surface area contributed by atoms with E-state index in [4.69, 9.17) is 44.6 Å². The van der Waals surface area contributed by atoms with Crippen LogP contribution in [0.3, 0.4) is 0 Å². The highest BCUT2D eigenvalue weighted by Crippen LogP contribution is 2.31. The summed E-state index contributed by atoms with van der Waals surface area (Å²) in [6.07, 6.45) is 1.30. The van der Waals surface area contributed by atoms with Gasteiger partial charge in [0.2, 0.25) is 0 Å². The number of carboxylic acids is 1. The first-order valence-electron chi connectivity index (χ1n) is 10.2. The van der Waals surface area contributed by atoms with Gasteiger partial charge in [0, 0.05) is 0 Å². The number of carboxylic acid groups (broad SMARTS) is 1. The molecule has 0 aliphatic carbocycles. The third-order valence-corrected chi connectivity index (χ3v) is 6.16. The lowest BCUT2D eigenvalue weighted by Crippen LogP contribution is -2.54. The molecule has 4 rings (SSSR count). The molecule has 0 saturated carbocycles. The van der Waals surface area contributed by atoms with Crippen molar-refractivity contribution in [2.45, 2.75) is 6.61 Å². The van der Waals surface area contributed by atoms with Crippen molar-refractivity contribution in [3.05, 3.63) is 98.0 Å². The molecule has 2 N–H and O–H groups in total. The summed E-state index contributed by atoms with van der Waals surface area (Å²) in [5.74, 6) is -2.39. The second-order valence-electron chi connectivity index (χ2n) is 7.54. The van der Waals surface area contributed by atoms with Gasteiger partial charge in [-0.15, -0.1) is 0 Å². The van der Waals surface area contributed by atoms with Gasteiger partial charge >= 0.3 is 12.0 Å². The Morgan fingerprint density at radius 2 is 1.64 bits per heavy atom. The first-order chi connectivity index (χ1) is 17.1. The van der Waals surface area contributed by atoms with E-state index in [1.807, 2.05) is 0 Å². The number of barbiturate groups is 1. The lowest BCUT2D eigenvalue weighted by Gasteiger charge is -2.26. The predicted octanol–water partition coefficient (Wildman–Crippen LogP) is 5.59. The minimum Gasteiger partial charge on any atom is -0.487 e. The highest BCUT2D eigenvalue weighted by molar-refractivity contribution is 6.43. The number of carbonyl (C=O) groups is 4. The van der Waals surface area contributed by atoms with Crippen molar-refractivity contribution in [1.29, 1.82) is 0 Å². The van der Waals surface area contributed by atoms with Gasteiger partial charge in [-0.05, 0) is 59.7 Å². The van der Waals surface area contributed by atoms with Crippen LogP contribution in [0, 0.1) is 0 Å². The van der Waals surface area contributed by atoms with Crippen molar-refractivity contribution in [2.24, 2.45) is 0 Å². The third-order valence-electron chi connectivity index (χ3n) is 5.13. The molecule has 1 saturated heterocycles. The van der Waals surface area contributed by atoms with E-state index in [0.29, 0.717) is 11.3 Å². The molecule has 4 amide bonds. The molecule has 8 nitrogen and oxygen atoms in total. The van der Waals surface area contributed by atoms with Gasteiger partial charge < -0.3 is 9.84 Å². The van der Waals surface area contributed by atoms with Crippen molar-refractivity contribution >= 4 is 70.4 Å². The number of carbonyl (C=O) groups excluding carboxylic acids is 3. The Morgan fingerprint density at radius 1 is 0.917 bits per heavy atom. The van der Waals surface area contributed by atoms with E-state index in [0.717, 1.165) is 10.5 Å². The van der Waals surface area contributed by atoms with E-state index in [1.165, 1.54) is 42.5 Å². The van der Waals surface area contributed by atoms with E-state index in [9.17, 15) is 19.2 Å². The van der Waals surface area contributed by atoms with Crippen LogP contribution in [-0.2, 0) is 16.2 Å². The fraction of sp³-hybridized carbons (Fsp3) is 0.0400. The zero-order valence-corrected chi connectivity index (χ0v) is 20.4. The number of amides is 4. The second-order valence-corrected chi connectivity index (χ2v) is 8.76. The van der Waals surface area contributed by atoms with Gasteiger partial charge in [0.25, 0.3) is 11.8 Å². The molecule has 1 aliphatic rings. The van der Waals surface area contributed by atoms with Gasteiger partial charge in [-0.25, -0.2) is 14.5 Å². The number of rotatable bonds is 6. The number of ether oxygens (including phenoxy) is 1. The molecule has 0 unspecified atom stereocenters. The van der Waals surface area contributed by atoms with Crippen LogP contribution in [0.4, 0.5) is 10.5 Å². The third kappa shape index (κ3) is 5.36. The number of anilines is 1. The van der Waals surface area contributed by atoms with Gasteiger partial charge in [-0.2, -0.15) is 0 Å². The van der Waals surface area contributed by atoms with Crippen molar-refractivity contribution in [3.63, 3.8) is 0 Å². The maximum absolute atomic E-state index is 13.0. The van der Waals surface area contributed by atoms with E-state index in [1.54, 1.807) is 24.3 Å². The molecule has 3 aromatic carbocycles. The van der Waals surface area contributed by atoms with Gasteiger partial charge in [0.05, 0.1) is 26.3 Å². The molecule has 11 heteroatoms. The largest absolute Gasteiger partial charge is 0.487 e. The number of benzene rings is 3. The highest BCUT2D eigenvalue weighted by Gasteiger charge is 2.37. The molecule has 0 radical (unpaired) electrons. The fourth-order valence-electron chi connectivity index (χ4n) is 3.31. The molecule has 0 bridgehead atoms. The highest BCUT2D eigenvalue weighted by atomic mass is 35.5. The van der Waals surface area contributed by atoms with Gasteiger partial charge in [0.15, 0.2) is 0 Å². The first kappa shape index (κ1) is 25.2. The summed E-state index contributed by atoms with van der Waals surface area (Å²) >= 11 is 18.2. The Labute approximate surface area is 219 Å². The van der Waals surface area contributed by atoms with Crippen molar-refractivity contribution in [2.75, 3.05) is 4.90 Å². The number of hydrogen-bond donors (Lipinski definition) is 2. The normalized spacial score (nSPS) is 14.7. The lowest BCUT2D eigenvalue weighted by molar-refractivity contribution is -0.122. The molecule has 1 fully saturated rings. The number of hydrogen-bond acceptors (Lipinski definition) is 5. The van der Waals surface area contributed by atoms with Crippen LogP contribution in [0.25, 0.3) is 6.08 Å². The zero-order valence-electron chi connectivity index (χ0n) is 18.1. The minimum absolute atomic E-state index is 0.136. The van der Waals surface area contributed by atoms with Crippen molar-refractivity contribution in [1.82, 2.24) is 5.32 Å². The second kappa shape index (κ2) is 10.4. The number of imide groups is 2. The molecule has 36 heavy (non-hydrogen) atoms. The topological polar surface area (TPSA) is 113 Å². The Bertz CT molecular complexity index is 1440. The first-order valence-corrected chi connectivity index (χ1v) is 11.4. The van der Waals surface area contributed by atoms with Gasteiger partial charge in [0.1, 0.15) is 17.9 Å². The van der Waals surface area contributed by atoms with Gasteiger partial charge in [-0.1, -0.05) is 53.0 Å². The minimum atomic E-state index is -1.02. The summed E-state index contributed by atoms with van der Waals surface area (Å²) < 4.78 is 5.70. The number of nitrogens with one attached hydrogen (secondary N) is 1. The summed E-state index contributed by atoms with van der Waals surface area (Å²) in [5, 5.41) is 11.7. The SMILES string of the molecule is O=C1NC(=O)N(c2ccc(Cl)c(Cl)c2)C(=O)/C1=C/c1ccc(OCc2ccc(C(=O)O)cc2)c(Cl)c1. The van der Waals surface area contributed by atoms with E-state index in [2.05, 4.69) is 5.32 Å². The summed E-state index contributed by atoms with van der Waals surface area (Å²) in [7, 11) is 0. The number of nitrogens with zero attached hydrogens (tertiary/aromatic N) is 1. The van der Waals surface area contributed by atoms with Crippen LogP contribution in [0.15, 0.2) is 66.2 Å². The molecule has 1 heterocycles. The molecular weight excluding hydrogens is 531 g/mol. The molecule has 182 valence electrons. The average molecular weight is 546 g/mol. The maximum Gasteiger partial charge on any atom is 0.335 e. The number of aromatic carboxylic acids is 1. The lowest BCUT2D eigenvalue weighted by atomic mass is 10.1. The Morgan fingerprint density at radius 3 is 2.28 bits per heavy atom. The zero-order chi connectivity index (χ0) is 26.0. The Hall–Kier alpha value is -3.85. The maximum atomic E-state index is 13.0. The van der Waals surface area contributed by atoms with E-state index in [-0.39, 0.29) is 38.5 Å². The Kier molecular flexibility index (Phi) is 7.30. The van der Waals surface area contributed by atoms with Crippen LogP contribution < -0.4 is 15.0 Å². The quantitative estimate of drug-likeness (QED) is 0.308. The Balaban J connectivity index is 1.53.